The van der Waals surface area contributed by atoms with Crippen molar-refractivity contribution in [1.29, 1.82) is 0 Å². The summed E-state index contributed by atoms with van der Waals surface area (Å²) in [6.45, 7) is 7.07. The Morgan fingerprint density at radius 3 is 2.73 bits per heavy atom. The molecule has 3 atom stereocenters. The van der Waals surface area contributed by atoms with Crippen molar-refractivity contribution < 1.29 is 17.5 Å². The molecule has 9 nitrogen and oxygen atoms in total. The third-order valence-corrected chi connectivity index (χ3v) is 10.4. The summed E-state index contributed by atoms with van der Waals surface area (Å²) in [6.07, 6.45) is 9.04. The minimum Gasteiger partial charge on any atom is -0.458 e. The number of piperidine rings is 1. The number of pyridine rings is 1. The van der Waals surface area contributed by atoms with Gasteiger partial charge in [0.05, 0.1) is 22.0 Å². The molecule has 2 aromatic rings. The highest BCUT2D eigenvalue weighted by Gasteiger charge is 2.30. The first-order valence-corrected chi connectivity index (χ1v) is 16.3. The summed E-state index contributed by atoms with van der Waals surface area (Å²) in [7, 11) is -3.47. The molecule has 0 aromatic carbocycles. The van der Waals surface area contributed by atoms with E-state index in [1.807, 2.05) is 13.0 Å². The Labute approximate surface area is 239 Å². The number of rotatable bonds is 9. The molecule has 1 unspecified atom stereocenters. The van der Waals surface area contributed by atoms with Crippen LogP contribution in [0.5, 0.6) is 5.75 Å². The molecule has 4 heterocycles. The third-order valence-electron chi connectivity index (χ3n) is 7.49. The van der Waals surface area contributed by atoms with Crippen LogP contribution in [0.3, 0.4) is 0 Å². The van der Waals surface area contributed by atoms with Gasteiger partial charge in [-0.3, -0.25) is 4.72 Å². The van der Waals surface area contributed by atoms with Gasteiger partial charge in [-0.05, 0) is 55.7 Å². The normalized spacial score (nSPS) is 24.1. The standard InChI is InChI=1S/C28H37FN6O3S2/c1-4-19-12-18(3)39-27(23-9-10-31-28(34-23)33-21-13-20(29)14-30-15-21)26(19)38-24-16-32-25(11-17(24)2)35-40(36,37)22-7-5-6-8-22/h9-12,16,19-22,30H,4-8,13-15H2,1-3H3,(H,32,35)(H,31,33,34)/t19?,20-,21-/m0/s1. The van der Waals surface area contributed by atoms with Crippen molar-refractivity contribution in [2.45, 2.75) is 76.8 Å². The molecular formula is C28H37FN6O3S2. The number of hydrogen-bond acceptors (Lipinski definition) is 9. The molecule has 1 saturated carbocycles. The highest BCUT2D eigenvalue weighted by atomic mass is 32.2. The maximum atomic E-state index is 13.9. The Hall–Kier alpha value is -2.70. The molecule has 40 heavy (non-hydrogen) atoms. The molecule has 1 aliphatic carbocycles. The predicted octanol–water partition coefficient (Wildman–Crippen LogP) is 5.40. The molecule has 1 saturated heterocycles. The molecule has 3 N–H and O–H groups in total. The zero-order valence-corrected chi connectivity index (χ0v) is 24.7. The van der Waals surface area contributed by atoms with Gasteiger partial charge >= 0.3 is 0 Å². The fourth-order valence-corrected chi connectivity index (χ4v) is 7.96. The van der Waals surface area contributed by atoms with E-state index < -0.39 is 16.2 Å². The van der Waals surface area contributed by atoms with E-state index in [4.69, 9.17) is 9.72 Å². The number of halogens is 1. The van der Waals surface area contributed by atoms with Crippen LogP contribution in [0.2, 0.25) is 0 Å². The second kappa shape index (κ2) is 12.4. The lowest BCUT2D eigenvalue weighted by Crippen LogP contribution is -2.44. The monoisotopic (exact) mass is 588 g/mol. The van der Waals surface area contributed by atoms with Gasteiger partial charge in [-0.2, -0.15) is 0 Å². The van der Waals surface area contributed by atoms with Gasteiger partial charge in [0.2, 0.25) is 16.0 Å². The topological polar surface area (TPSA) is 118 Å². The zero-order chi connectivity index (χ0) is 28.3. The van der Waals surface area contributed by atoms with E-state index in [1.54, 1.807) is 30.2 Å². The molecular weight excluding hydrogens is 551 g/mol. The molecule has 0 bridgehead atoms. The van der Waals surface area contributed by atoms with Crippen molar-refractivity contribution in [3.8, 4) is 5.75 Å². The van der Waals surface area contributed by atoms with Crippen LogP contribution in [0, 0.1) is 12.8 Å². The second-order valence-electron chi connectivity index (χ2n) is 10.7. The summed E-state index contributed by atoms with van der Waals surface area (Å²) in [6, 6.07) is 3.47. The Morgan fingerprint density at radius 1 is 1.20 bits per heavy atom. The summed E-state index contributed by atoms with van der Waals surface area (Å²) in [4.78, 5) is 15.6. The van der Waals surface area contributed by atoms with E-state index in [2.05, 4.69) is 45.2 Å². The van der Waals surface area contributed by atoms with Crippen molar-refractivity contribution in [1.82, 2.24) is 20.3 Å². The second-order valence-corrected chi connectivity index (χ2v) is 13.9. The largest absolute Gasteiger partial charge is 0.458 e. The lowest BCUT2D eigenvalue weighted by Gasteiger charge is -2.27. The number of aromatic nitrogens is 3. The average molecular weight is 589 g/mol. The van der Waals surface area contributed by atoms with Crippen LogP contribution in [0.15, 0.2) is 41.3 Å². The molecule has 216 valence electrons. The predicted molar refractivity (Wildman–Crippen MR) is 158 cm³/mol. The average Bonchev–Trinajstić information content (AvgIpc) is 3.47. The van der Waals surface area contributed by atoms with E-state index in [1.165, 1.54) is 0 Å². The van der Waals surface area contributed by atoms with Gasteiger partial charge in [0, 0.05) is 37.7 Å². The van der Waals surface area contributed by atoms with Crippen LogP contribution >= 0.6 is 11.8 Å². The fourth-order valence-electron chi connectivity index (χ4n) is 5.37. The number of hydrogen-bond donors (Lipinski definition) is 3. The number of ether oxygens (including phenoxy) is 1. The molecule has 0 amide bonds. The summed E-state index contributed by atoms with van der Waals surface area (Å²) >= 11 is 1.59. The summed E-state index contributed by atoms with van der Waals surface area (Å²) in [5.41, 5.74) is 1.49. The minimum absolute atomic E-state index is 0.0254. The van der Waals surface area contributed by atoms with E-state index in [0.29, 0.717) is 49.9 Å². The number of anilines is 2. The molecule has 0 radical (unpaired) electrons. The van der Waals surface area contributed by atoms with Crippen molar-refractivity contribution in [2.75, 3.05) is 23.1 Å². The molecule has 3 aliphatic rings. The Morgan fingerprint density at radius 2 is 2.00 bits per heavy atom. The summed E-state index contributed by atoms with van der Waals surface area (Å²) in [5, 5.41) is 6.00. The van der Waals surface area contributed by atoms with E-state index in [9.17, 15) is 12.8 Å². The lowest BCUT2D eigenvalue weighted by molar-refractivity contribution is 0.254. The van der Waals surface area contributed by atoms with Crippen LogP contribution < -0.4 is 20.1 Å². The third kappa shape index (κ3) is 6.77. The van der Waals surface area contributed by atoms with Crippen LogP contribution in [-0.2, 0) is 10.0 Å². The lowest BCUT2D eigenvalue weighted by atomic mass is 10.0. The molecule has 2 aromatic heterocycles. The maximum Gasteiger partial charge on any atom is 0.236 e. The SMILES string of the molecule is CCC1C=C(C)SC(c2ccnc(N[C@@H]3CNC[C@@H](F)C3)n2)=C1Oc1cnc(NS(=O)(=O)C2CCCC2)cc1C. The maximum absolute atomic E-state index is 13.9. The van der Waals surface area contributed by atoms with Crippen molar-refractivity contribution in [2.24, 2.45) is 5.92 Å². The molecule has 0 spiro atoms. The quantitative estimate of drug-likeness (QED) is 0.354. The number of alkyl halides is 1. The minimum atomic E-state index is -3.47. The summed E-state index contributed by atoms with van der Waals surface area (Å²) in [5.74, 6) is 2.08. The molecule has 2 aliphatic heterocycles. The summed E-state index contributed by atoms with van der Waals surface area (Å²) < 4.78 is 48.6. The fraction of sp³-hybridized carbons (Fsp3) is 0.536. The number of allylic oxidation sites excluding steroid dienone is 2. The number of thioether (sulfide) groups is 1. The first-order valence-electron chi connectivity index (χ1n) is 13.9. The number of nitrogens with one attached hydrogen (secondary N) is 3. The van der Waals surface area contributed by atoms with Crippen molar-refractivity contribution >= 4 is 38.5 Å². The van der Waals surface area contributed by atoms with Gasteiger partial charge in [-0.15, -0.1) is 0 Å². The van der Waals surface area contributed by atoms with Crippen LogP contribution in [0.1, 0.15) is 63.6 Å². The first kappa shape index (κ1) is 28.8. The van der Waals surface area contributed by atoms with Gasteiger partial charge in [-0.1, -0.05) is 37.6 Å². The van der Waals surface area contributed by atoms with Crippen molar-refractivity contribution in [3.63, 3.8) is 0 Å². The Balaban J connectivity index is 1.40. The van der Waals surface area contributed by atoms with Crippen LogP contribution in [0.25, 0.3) is 4.91 Å². The number of sulfonamides is 1. The molecule has 5 rings (SSSR count). The van der Waals surface area contributed by atoms with Gasteiger partial charge in [-0.25, -0.2) is 27.8 Å². The van der Waals surface area contributed by atoms with Gasteiger partial charge in [0.1, 0.15) is 23.5 Å². The van der Waals surface area contributed by atoms with Crippen molar-refractivity contribution in [3.05, 3.63) is 52.5 Å². The zero-order valence-electron chi connectivity index (χ0n) is 23.1. The van der Waals surface area contributed by atoms with Gasteiger partial charge in [0.15, 0.2) is 0 Å². The van der Waals surface area contributed by atoms with E-state index >= 15 is 0 Å². The molecule has 2 fully saturated rings. The highest BCUT2D eigenvalue weighted by molar-refractivity contribution is 8.11. The number of nitrogens with zero attached hydrogens (tertiary/aromatic N) is 3. The Bertz CT molecular complexity index is 1390. The van der Waals surface area contributed by atoms with E-state index in [-0.39, 0.29) is 17.2 Å². The molecule has 12 heteroatoms. The number of aryl methyl sites for hydroxylation is 1. The van der Waals surface area contributed by atoms with E-state index in [0.717, 1.165) is 46.1 Å². The first-order chi connectivity index (χ1) is 19.2. The Kier molecular flexibility index (Phi) is 8.96. The van der Waals surface area contributed by atoms with Gasteiger partial charge in [0.25, 0.3) is 0 Å². The highest BCUT2D eigenvalue weighted by Crippen LogP contribution is 2.44. The van der Waals surface area contributed by atoms with Crippen LogP contribution in [-0.4, -0.2) is 53.9 Å². The van der Waals surface area contributed by atoms with Gasteiger partial charge < -0.3 is 15.4 Å². The smallest absolute Gasteiger partial charge is 0.236 e. The van der Waals surface area contributed by atoms with Crippen LogP contribution in [0.4, 0.5) is 16.2 Å².